The fourth-order valence-electron chi connectivity index (χ4n) is 2.10. The molecule has 84 valence electrons. The highest BCUT2D eigenvalue weighted by molar-refractivity contribution is 5.83. The van der Waals surface area contributed by atoms with Crippen molar-refractivity contribution < 1.29 is 4.42 Å². The minimum Gasteiger partial charge on any atom is -0.456 e. The van der Waals surface area contributed by atoms with E-state index in [9.17, 15) is 0 Å². The Bertz CT molecular complexity index is 677. The summed E-state index contributed by atoms with van der Waals surface area (Å²) in [5, 5.41) is 1.17. The standard InChI is InChI=1S/C16H14O/c1-11-4-3-5-13(8-11)16-10-14-9-12(2)6-7-15(14)17-16/h3-10H,1-2H3. The van der Waals surface area contributed by atoms with Crippen LogP contribution in [0.4, 0.5) is 0 Å². The number of fused-ring (bicyclic) bond motifs is 1. The maximum absolute atomic E-state index is 5.86. The molecule has 0 radical (unpaired) electrons. The van der Waals surface area contributed by atoms with Crippen molar-refractivity contribution in [3.63, 3.8) is 0 Å². The zero-order chi connectivity index (χ0) is 11.8. The van der Waals surface area contributed by atoms with Crippen molar-refractivity contribution in [3.05, 3.63) is 59.7 Å². The zero-order valence-corrected chi connectivity index (χ0v) is 10.0. The molecular formula is C16H14O. The van der Waals surface area contributed by atoms with Crippen molar-refractivity contribution in [1.29, 1.82) is 0 Å². The van der Waals surface area contributed by atoms with Crippen LogP contribution in [0.5, 0.6) is 0 Å². The third kappa shape index (κ3) is 1.84. The van der Waals surface area contributed by atoms with Gasteiger partial charge in [-0.05, 0) is 38.1 Å². The highest BCUT2D eigenvalue weighted by atomic mass is 16.3. The Kier molecular flexibility index (Phi) is 2.25. The summed E-state index contributed by atoms with van der Waals surface area (Å²) in [5.41, 5.74) is 4.60. The van der Waals surface area contributed by atoms with Gasteiger partial charge in [0.05, 0.1) is 0 Å². The Morgan fingerprint density at radius 1 is 0.824 bits per heavy atom. The fraction of sp³-hybridized carbons (Fsp3) is 0.125. The molecule has 1 nitrogen and oxygen atoms in total. The lowest BCUT2D eigenvalue weighted by Crippen LogP contribution is -1.75. The van der Waals surface area contributed by atoms with Gasteiger partial charge in [0.1, 0.15) is 11.3 Å². The Morgan fingerprint density at radius 2 is 1.65 bits per heavy atom. The van der Waals surface area contributed by atoms with Gasteiger partial charge >= 0.3 is 0 Å². The van der Waals surface area contributed by atoms with Crippen LogP contribution in [0.3, 0.4) is 0 Å². The molecule has 1 heteroatoms. The number of hydrogen-bond acceptors (Lipinski definition) is 1. The minimum atomic E-state index is 0.939. The third-order valence-corrected chi connectivity index (χ3v) is 2.97. The lowest BCUT2D eigenvalue weighted by molar-refractivity contribution is 0.631. The summed E-state index contributed by atoms with van der Waals surface area (Å²) in [5.74, 6) is 0.939. The van der Waals surface area contributed by atoms with Crippen LogP contribution in [0, 0.1) is 13.8 Å². The largest absolute Gasteiger partial charge is 0.456 e. The molecule has 1 aromatic heterocycles. The van der Waals surface area contributed by atoms with Crippen molar-refractivity contribution in [2.24, 2.45) is 0 Å². The van der Waals surface area contributed by atoms with Gasteiger partial charge in [-0.2, -0.15) is 0 Å². The Labute approximate surface area is 101 Å². The van der Waals surface area contributed by atoms with E-state index in [1.807, 2.05) is 6.07 Å². The van der Waals surface area contributed by atoms with E-state index in [0.717, 1.165) is 16.9 Å². The molecule has 0 unspecified atom stereocenters. The maximum Gasteiger partial charge on any atom is 0.135 e. The first kappa shape index (κ1) is 10.2. The van der Waals surface area contributed by atoms with Crippen LogP contribution in [0.15, 0.2) is 52.9 Å². The quantitative estimate of drug-likeness (QED) is 0.580. The van der Waals surface area contributed by atoms with Crippen LogP contribution in [-0.2, 0) is 0 Å². The lowest BCUT2D eigenvalue weighted by atomic mass is 10.1. The number of furan rings is 1. The van der Waals surface area contributed by atoms with E-state index in [1.165, 1.54) is 16.5 Å². The topological polar surface area (TPSA) is 13.1 Å². The van der Waals surface area contributed by atoms with Gasteiger partial charge in [-0.3, -0.25) is 0 Å². The van der Waals surface area contributed by atoms with E-state index in [1.54, 1.807) is 0 Å². The Hall–Kier alpha value is -2.02. The molecule has 0 atom stereocenters. The van der Waals surface area contributed by atoms with Gasteiger partial charge in [0.15, 0.2) is 0 Å². The van der Waals surface area contributed by atoms with E-state index in [-0.39, 0.29) is 0 Å². The van der Waals surface area contributed by atoms with Crippen molar-refractivity contribution in [2.75, 3.05) is 0 Å². The van der Waals surface area contributed by atoms with Crippen LogP contribution in [-0.4, -0.2) is 0 Å². The summed E-state index contributed by atoms with van der Waals surface area (Å²) in [7, 11) is 0. The molecule has 0 saturated heterocycles. The molecule has 0 aliphatic heterocycles. The van der Waals surface area contributed by atoms with Gasteiger partial charge in [0.25, 0.3) is 0 Å². The molecule has 17 heavy (non-hydrogen) atoms. The molecule has 0 bridgehead atoms. The summed E-state index contributed by atoms with van der Waals surface area (Å²) in [6, 6.07) is 16.7. The zero-order valence-electron chi connectivity index (χ0n) is 10.0. The summed E-state index contributed by atoms with van der Waals surface area (Å²) in [4.78, 5) is 0. The lowest BCUT2D eigenvalue weighted by Gasteiger charge is -1.97. The van der Waals surface area contributed by atoms with Gasteiger partial charge in [-0.15, -0.1) is 0 Å². The van der Waals surface area contributed by atoms with E-state index in [4.69, 9.17) is 4.42 Å². The van der Waals surface area contributed by atoms with Crippen LogP contribution in [0.25, 0.3) is 22.3 Å². The molecule has 0 aliphatic rings. The van der Waals surface area contributed by atoms with Crippen molar-refractivity contribution in [1.82, 2.24) is 0 Å². The molecule has 0 aliphatic carbocycles. The number of rotatable bonds is 1. The molecule has 3 rings (SSSR count). The van der Waals surface area contributed by atoms with Crippen LogP contribution < -0.4 is 0 Å². The molecule has 0 fully saturated rings. The number of hydrogen-bond donors (Lipinski definition) is 0. The first-order valence-corrected chi connectivity index (χ1v) is 5.79. The monoisotopic (exact) mass is 222 g/mol. The normalized spacial score (nSPS) is 10.9. The van der Waals surface area contributed by atoms with Gasteiger partial charge in [0.2, 0.25) is 0 Å². The second-order valence-electron chi connectivity index (χ2n) is 4.52. The van der Waals surface area contributed by atoms with Gasteiger partial charge in [-0.25, -0.2) is 0 Å². The molecule has 2 aromatic carbocycles. The predicted octanol–water partition coefficient (Wildman–Crippen LogP) is 4.72. The SMILES string of the molecule is Cc1cccc(-c2cc3cc(C)ccc3o2)c1. The van der Waals surface area contributed by atoms with Gasteiger partial charge in [-0.1, -0.05) is 35.4 Å². The van der Waals surface area contributed by atoms with Gasteiger partial charge < -0.3 is 4.42 Å². The summed E-state index contributed by atoms with van der Waals surface area (Å²) < 4.78 is 5.86. The van der Waals surface area contributed by atoms with E-state index < -0.39 is 0 Å². The Morgan fingerprint density at radius 3 is 2.47 bits per heavy atom. The first-order chi connectivity index (χ1) is 8.22. The fourth-order valence-corrected chi connectivity index (χ4v) is 2.10. The van der Waals surface area contributed by atoms with Crippen LogP contribution in [0.1, 0.15) is 11.1 Å². The van der Waals surface area contributed by atoms with Crippen LogP contribution in [0.2, 0.25) is 0 Å². The Balaban J connectivity index is 2.18. The average Bonchev–Trinajstić information content (AvgIpc) is 2.72. The van der Waals surface area contributed by atoms with Crippen molar-refractivity contribution >= 4 is 11.0 Å². The highest BCUT2D eigenvalue weighted by Crippen LogP contribution is 2.28. The van der Waals surface area contributed by atoms with E-state index in [2.05, 4.69) is 56.3 Å². The summed E-state index contributed by atoms with van der Waals surface area (Å²) in [6.45, 7) is 4.19. The summed E-state index contributed by atoms with van der Waals surface area (Å²) in [6.07, 6.45) is 0. The molecule has 0 saturated carbocycles. The summed E-state index contributed by atoms with van der Waals surface area (Å²) >= 11 is 0. The second kappa shape index (κ2) is 3.77. The van der Waals surface area contributed by atoms with E-state index >= 15 is 0 Å². The van der Waals surface area contributed by atoms with E-state index in [0.29, 0.717) is 0 Å². The molecule has 0 spiro atoms. The third-order valence-electron chi connectivity index (χ3n) is 2.97. The predicted molar refractivity (Wildman–Crippen MR) is 71.1 cm³/mol. The first-order valence-electron chi connectivity index (χ1n) is 5.79. The highest BCUT2D eigenvalue weighted by Gasteiger charge is 2.05. The second-order valence-corrected chi connectivity index (χ2v) is 4.52. The number of benzene rings is 2. The molecule has 3 aromatic rings. The average molecular weight is 222 g/mol. The van der Waals surface area contributed by atoms with Crippen LogP contribution >= 0.6 is 0 Å². The molecule has 0 N–H and O–H groups in total. The maximum atomic E-state index is 5.86. The minimum absolute atomic E-state index is 0.939. The smallest absolute Gasteiger partial charge is 0.135 e. The number of aryl methyl sites for hydroxylation is 2. The molecule has 1 heterocycles. The molecule has 0 amide bonds. The van der Waals surface area contributed by atoms with Gasteiger partial charge in [0, 0.05) is 10.9 Å². The van der Waals surface area contributed by atoms with Crippen molar-refractivity contribution in [3.8, 4) is 11.3 Å². The van der Waals surface area contributed by atoms with Crippen molar-refractivity contribution in [2.45, 2.75) is 13.8 Å². The molecular weight excluding hydrogens is 208 g/mol.